The number of anilines is 1. The van der Waals surface area contributed by atoms with Gasteiger partial charge >= 0.3 is 0 Å². The quantitative estimate of drug-likeness (QED) is 0.482. The molecule has 0 aliphatic rings. The third kappa shape index (κ3) is 5.79. The zero-order valence-corrected chi connectivity index (χ0v) is 14.9. The van der Waals surface area contributed by atoms with E-state index in [9.17, 15) is 0 Å². The van der Waals surface area contributed by atoms with Gasteiger partial charge in [0.25, 0.3) is 0 Å². The summed E-state index contributed by atoms with van der Waals surface area (Å²) in [5.74, 6) is 0. The highest BCUT2D eigenvalue weighted by molar-refractivity contribution is 5.45. The molecule has 0 spiro atoms. The summed E-state index contributed by atoms with van der Waals surface area (Å²) in [4.78, 5) is 2.53. The van der Waals surface area contributed by atoms with Gasteiger partial charge in [-0.1, -0.05) is 78.9 Å². The van der Waals surface area contributed by atoms with Crippen molar-refractivity contribution in [3.8, 4) is 0 Å². The molecule has 0 unspecified atom stereocenters. The summed E-state index contributed by atoms with van der Waals surface area (Å²) in [6, 6.07) is 32.4. The molecule has 0 radical (unpaired) electrons. The summed E-state index contributed by atoms with van der Waals surface area (Å²) in [6.07, 6.45) is 4.65. The van der Waals surface area contributed by atoms with Crippen LogP contribution in [0.2, 0.25) is 0 Å². The molecule has 128 valence electrons. The minimum Gasteiger partial charge on any atom is -0.372 e. The van der Waals surface area contributed by atoms with Gasteiger partial charge in [0.1, 0.15) is 0 Å². The number of hydrogen-bond acceptors (Lipinski definition) is 1. The van der Waals surface area contributed by atoms with Gasteiger partial charge in [-0.3, -0.25) is 0 Å². The van der Waals surface area contributed by atoms with Gasteiger partial charge in [-0.2, -0.15) is 0 Å². The first kappa shape index (κ1) is 17.3. The van der Waals surface area contributed by atoms with Crippen molar-refractivity contribution in [2.24, 2.45) is 0 Å². The van der Waals surface area contributed by atoms with Crippen LogP contribution in [-0.4, -0.2) is 13.1 Å². The molecule has 0 atom stereocenters. The average Bonchev–Trinajstić information content (AvgIpc) is 2.69. The lowest BCUT2D eigenvalue weighted by Crippen LogP contribution is -2.26. The fraction of sp³-hybridized carbons (Fsp3) is 0.250. The Morgan fingerprint density at radius 2 is 0.880 bits per heavy atom. The zero-order chi connectivity index (χ0) is 17.2. The third-order valence-corrected chi connectivity index (χ3v) is 4.59. The summed E-state index contributed by atoms with van der Waals surface area (Å²) in [5, 5.41) is 0. The topological polar surface area (TPSA) is 3.24 Å². The second kappa shape index (κ2) is 9.68. The first-order valence-electron chi connectivity index (χ1n) is 9.30. The fourth-order valence-corrected chi connectivity index (χ4v) is 3.25. The van der Waals surface area contributed by atoms with Crippen LogP contribution >= 0.6 is 0 Å². The van der Waals surface area contributed by atoms with E-state index >= 15 is 0 Å². The van der Waals surface area contributed by atoms with Crippen molar-refractivity contribution < 1.29 is 0 Å². The van der Waals surface area contributed by atoms with Crippen molar-refractivity contribution in [3.05, 3.63) is 102 Å². The molecule has 1 heteroatoms. The van der Waals surface area contributed by atoms with Crippen LogP contribution in [0, 0.1) is 0 Å². The Balaban J connectivity index is 1.54. The molecule has 0 saturated carbocycles. The number of hydrogen-bond donors (Lipinski definition) is 0. The highest BCUT2D eigenvalue weighted by Gasteiger charge is 2.06. The maximum atomic E-state index is 2.53. The van der Waals surface area contributed by atoms with Gasteiger partial charge in [0.05, 0.1) is 0 Å². The molecule has 3 rings (SSSR count). The molecule has 25 heavy (non-hydrogen) atoms. The van der Waals surface area contributed by atoms with Crippen molar-refractivity contribution in [1.82, 2.24) is 0 Å². The van der Waals surface area contributed by atoms with Crippen LogP contribution in [0.3, 0.4) is 0 Å². The van der Waals surface area contributed by atoms with Crippen LogP contribution < -0.4 is 4.90 Å². The van der Waals surface area contributed by atoms with Gasteiger partial charge in [-0.15, -0.1) is 0 Å². The smallest absolute Gasteiger partial charge is 0.0366 e. The molecular formula is C24H27N. The van der Waals surface area contributed by atoms with E-state index in [1.807, 2.05) is 0 Å². The van der Waals surface area contributed by atoms with Crippen molar-refractivity contribution in [1.29, 1.82) is 0 Å². The van der Waals surface area contributed by atoms with E-state index in [4.69, 9.17) is 0 Å². The predicted molar refractivity (Wildman–Crippen MR) is 108 cm³/mol. The lowest BCUT2D eigenvalue weighted by molar-refractivity contribution is 0.692. The van der Waals surface area contributed by atoms with E-state index in [1.54, 1.807) is 0 Å². The van der Waals surface area contributed by atoms with Crippen LogP contribution in [0.25, 0.3) is 0 Å². The van der Waals surface area contributed by atoms with E-state index in [-0.39, 0.29) is 0 Å². The Morgan fingerprint density at radius 3 is 1.32 bits per heavy atom. The van der Waals surface area contributed by atoms with Crippen LogP contribution in [0.5, 0.6) is 0 Å². The lowest BCUT2D eigenvalue weighted by Gasteiger charge is -2.25. The lowest BCUT2D eigenvalue weighted by atomic mass is 10.1. The molecule has 0 aromatic heterocycles. The molecule has 0 amide bonds. The first-order chi connectivity index (χ1) is 12.4. The fourth-order valence-electron chi connectivity index (χ4n) is 3.25. The second-order valence-electron chi connectivity index (χ2n) is 6.50. The van der Waals surface area contributed by atoms with Crippen molar-refractivity contribution in [3.63, 3.8) is 0 Å². The highest BCUT2D eigenvalue weighted by atomic mass is 15.1. The maximum absolute atomic E-state index is 2.53. The average molecular weight is 329 g/mol. The monoisotopic (exact) mass is 329 g/mol. The number of nitrogens with zero attached hydrogens (tertiary/aromatic N) is 1. The van der Waals surface area contributed by atoms with Crippen molar-refractivity contribution in [2.75, 3.05) is 18.0 Å². The summed E-state index contributed by atoms with van der Waals surface area (Å²) < 4.78 is 0. The van der Waals surface area contributed by atoms with Gasteiger partial charge in [0.2, 0.25) is 0 Å². The summed E-state index contributed by atoms with van der Waals surface area (Å²) >= 11 is 0. The van der Waals surface area contributed by atoms with Gasteiger partial charge in [-0.25, -0.2) is 0 Å². The third-order valence-electron chi connectivity index (χ3n) is 4.59. The number of rotatable bonds is 9. The Kier molecular flexibility index (Phi) is 6.70. The van der Waals surface area contributed by atoms with Gasteiger partial charge in [-0.05, 0) is 48.9 Å². The molecular weight excluding hydrogens is 302 g/mol. The van der Waals surface area contributed by atoms with E-state index in [0.29, 0.717) is 0 Å². The SMILES string of the molecule is c1ccc(CCCN(CCCc2ccccc2)c2ccccc2)cc1. The van der Waals surface area contributed by atoms with Gasteiger partial charge < -0.3 is 4.90 Å². The molecule has 3 aromatic rings. The van der Waals surface area contributed by atoms with E-state index in [0.717, 1.165) is 25.9 Å². The van der Waals surface area contributed by atoms with Crippen LogP contribution in [0.1, 0.15) is 24.0 Å². The normalized spacial score (nSPS) is 10.6. The Bertz CT molecular complexity index is 661. The molecule has 0 aliphatic heterocycles. The number of aryl methyl sites for hydroxylation is 2. The molecule has 0 N–H and O–H groups in total. The predicted octanol–water partition coefficient (Wildman–Crippen LogP) is 5.76. The minimum atomic E-state index is 1.10. The second-order valence-corrected chi connectivity index (χ2v) is 6.50. The van der Waals surface area contributed by atoms with E-state index in [2.05, 4.69) is 95.9 Å². The Labute approximate surface area is 151 Å². The van der Waals surface area contributed by atoms with Crippen LogP contribution in [-0.2, 0) is 12.8 Å². The zero-order valence-electron chi connectivity index (χ0n) is 14.9. The van der Waals surface area contributed by atoms with Crippen LogP contribution in [0.15, 0.2) is 91.0 Å². The van der Waals surface area contributed by atoms with Gasteiger partial charge in [0, 0.05) is 18.8 Å². The van der Waals surface area contributed by atoms with Crippen molar-refractivity contribution >= 4 is 5.69 Å². The molecule has 0 fully saturated rings. The Morgan fingerprint density at radius 1 is 0.480 bits per heavy atom. The molecule has 0 aliphatic carbocycles. The standard InChI is InChI=1S/C24H27N/c1-4-12-22(13-5-1)16-10-20-25(24-18-8-3-9-19-24)21-11-17-23-14-6-2-7-15-23/h1-9,12-15,18-19H,10-11,16-17,20-21H2. The number of benzene rings is 3. The summed E-state index contributed by atoms with van der Waals surface area (Å²) in [6.45, 7) is 2.21. The molecule has 3 aromatic carbocycles. The largest absolute Gasteiger partial charge is 0.372 e. The Hall–Kier alpha value is -2.54. The molecule has 0 saturated heterocycles. The van der Waals surface area contributed by atoms with E-state index in [1.165, 1.54) is 29.7 Å². The molecule has 1 nitrogen and oxygen atoms in total. The number of para-hydroxylation sites is 1. The first-order valence-corrected chi connectivity index (χ1v) is 9.30. The minimum absolute atomic E-state index is 1.10. The maximum Gasteiger partial charge on any atom is 0.0366 e. The molecule has 0 heterocycles. The molecule has 0 bridgehead atoms. The van der Waals surface area contributed by atoms with E-state index < -0.39 is 0 Å². The summed E-state index contributed by atoms with van der Waals surface area (Å²) in [5.41, 5.74) is 4.20. The van der Waals surface area contributed by atoms with Gasteiger partial charge in [0.15, 0.2) is 0 Å². The van der Waals surface area contributed by atoms with Crippen molar-refractivity contribution in [2.45, 2.75) is 25.7 Å². The summed E-state index contributed by atoms with van der Waals surface area (Å²) in [7, 11) is 0. The van der Waals surface area contributed by atoms with Crippen LogP contribution in [0.4, 0.5) is 5.69 Å². The highest BCUT2D eigenvalue weighted by Crippen LogP contribution is 2.16.